The van der Waals surface area contributed by atoms with Gasteiger partial charge in [-0.05, 0) is 12.2 Å². The van der Waals surface area contributed by atoms with E-state index >= 15 is 0 Å². The van der Waals surface area contributed by atoms with Gasteiger partial charge in [0.15, 0.2) is 0 Å². The quantitative estimate of drug-likeness (QED) is 0.704. The van der Waals surface area contributed by atoms with Gasteiger partial charge in [0.05, 0.1) is 0 Å². The summed E-state index contributed by atoms with van der Waals surface area (Å²) in [5.41, 5.74) is 0. The number of rotatable bonds is 3. The Balaban J connectivity index is 2.50. The van der Waals surface area contributed by atoms with Gasteiger partial charge in [-0.3, -0.25) is 4.90 Å². The second-order valence-electron chi connectivity index (χ2n) is 3.70. The number of alkyl halides is 1. The van der Waals surface area contributed by atoms with Crippen LogP contribution in [0.1, 0.15) is 20.3 Å². The van der Waals surface area contributed by atoms with Crippen molar-refractivity contribution in [2.24, 2.45) is 5.92 Å². The first kappa shape index (κ1) is 11.3. The van der Waals surface area contributed by atoms with Gasteiger partial charge in [-0.2, -0.15) is 0 Å². The Labute approximate surface area is 83.8 Å². The molecule has 4 heteroatoms. The van der Waals surface area contributed by atoms with Gasteiger partial charge in [0, 0.05) is 18.8 Å². The minimum Gasteiger partial charge on any atom is -0.329 e. The molecule has 13 heavy (non-hydrogen) atoms. The molecule has 0 N–H and O–H groups in total. The van der Waals surface area contributed by atoms with E-state index in [1.165, 1.54) is 0 Å². The normalized spacial score (nSPS) is 31.2. The van der Waals surface area contributed by atoms with Crippen LogP contribution in [0.5, 0.6) is 0 Å². The maximum atomic E-state index is 13.0. The molecule has 1 fully saturated rings. The molecule has 78 valence electrons. The number of halogens is 1. The smallest absolute Gasteiger partial charge is 0.201 e. The molecule has 2 atom stereocenters. The first-order valence-electron chi connectivity index (χ1n) is 4.67. The molecule has 0 amide bonds. The Hall–Kier alpha value is 0.200. The topological polar surface area (TPSA) is 12.5 Å². The molecule has 0 saturated carbocycles. The highest BCUT2D eigenvalue weighted by molar-refractivity contribution is 7.98. The zero-order valence-corrected chi connectivity index (χ0v) is 9.31. The van der Waals surface area contributed by atoms with Crippen LogP contribution in [0.2, 0.25) is 0 Å². The van der Waals surface area contributed by atoms with Crippen molar-refractivity contribution in [3.05, 3.63) is 0 Å². The van der Waals surface area contributed by atoms with Gasteiger partial charge < -0.3 is 4.74 Å². The molecule has 0 radical (unpaired) electrons. The van der Waals surface area contributed by atoms with E-state index in [4.69, 9.17) is 4.74 Å². The molecule has 0 bridgehead atoms. The fourth-order valence-corrected chi connectivity index (χ4v) is 2.19. The molecule has 2 unspecified atom stereocenters. The molecule has 0 aromatic rings. The van der Waals surface area contributed by atoms with E-state index in [1.54, 1.807) is 11.8 Å². The highest BCUT2D eigenvalue weighted by atomic mass is 32.2. The van der Waals surface area contributed by atoms with Crippen LogP contribution in [0.25, 0.3) is 0 Å². The summed E-state index contributed by atoms with van der Waals surface area (Å²) < 4.78 is 18.2. The Bertz CT molecular complexity index is 157. The summed E-state index contributed by atoms with van der Waals surface area (Å²) in [6.45, 7) is 4.94. The molecule has 2 nitrogen and oxygen atoms in total. The summed E-state index contributed by atoms with van der Waals surface area (Å²) in [6, 6.07) is 0. The van der Waals surface area contributed by atoms with Crippen molar-refractivity contribution in [1.29, 1.82) is 0 Å². The van der Waals surface area contributed by atoms with E-state index in [9.17, 15) is 4.39 Å². The van der Waals surface area contributed by atoms with Crippen molar-refractivity contribution in [3.63, 3.8) is 0 Å². The highest BCUT2D eigenvalue weighted by Crippen LogP contribution is 2.23. The van der Waals surface area contributed by atoms with Crippen LogP contribution in [-0.4, -0.2) is 36.2 Å². The standard InChI is InChI=1S/C9H18FNOS/c1-7(2)9-11(6-13-3)5-4-8(10)12-9/h7-9H,4-6H2,1-3H3. The second-order valence-corrected chi connectivity index (χ2v) is 4.54. The second kappa shape index (κ2) is 5.17. The number of ether oxygens (including phenoxy) is 1. The Morgan fingerprint density at radius 3 is 2.85 bits per heavy atom. The Morgan fingerprint density at radius 2 is 2.31 bits per heavy atom. The summed E-state index contributed by atoms with van der Waals surface area (Å²) in [4.78, 5) is 2.20. The molecule has 0 aliphatic carbocycles. The van der Waals surface area contributed by atoms with Crippen LogP contribution in [0, 0.1) is 5.92 Å². The lowest BCUT2D eigenvalue weighted by Crippen LogP contribution is -2.47. The van der Waals surface area contributed by atoms with Gasteiger partial charge in [0.2, 0.25) is 6.36 Å². The molecule has 1 rings (SSSR count). The zero-order chi connectivity index (χ0) is 9.84. The van der Waals surface area contributed by atoms with E-state index in [0.717, 1.165) is 12.4 Å². The number of hydrogen-bond acceptors (Lipinski definition) is 3. The maximum absolute atomic E-state index is 13.0. The maximum Gasteiger partial charge on any atom is 0.201 e. The monoisotopic (exact) mass is 207 g/mol. The van der Waals surface area contributed by atoms with Gasteiger partial charge in [0.1, 0.15) is 6.23 Å². The third kappa shape index (κ3) is 3.11. The van der Waals surface area contributed by atoms with Crippen LogP contribution in [-0.2, 0) is 4.74 Å². The van der Waals surface area contributed by atoms with E-state index in [0.29, 0.717) is 12.3 Å². The van der Waals surface area contributed by atoms with Crippen molar-refractivity contribution < 1.29 is 9.13 Å². The molecule has 1 aliphatic rings. The molecule has 0 aromatic carbocycles. The van der Waals surface area contributed by atoms with Crippen molar-refractivity contribution in [3.8, 4) is 0 Å². The summed E-state index contributed by atoms with van der Waals surface area (Å²) >= 11 is 1.75. The van der Waals surface area contributed by atoms with Gasteiger partial charge in [0.25, 0.3) is 0 Å². The number of nitrogens with zero attached hydrogens (tertiary/aromatic N) is 1. The summed E-state index contributed by atoms with van der Waals surface area (Å²) in [5.74, 6) is 1.28. The number of hydrogen-bond donors (Lipinski definition) is 0. The molecule has 1 heterocycles. The summed E-state index contributed by atoms with van der Waals surface area (Å²) in [7, 11) is 0. The minimum absolute atomic E-state index is 0.0452. The van der Waals surface area contributed by atoms with Crippen LogP contribution < -0.4 is 0 Å². The Morgan fingerprint density at radius 1 is 1.62 bits per heavy atom. The van der Waals surface area contributed by atoms with Gasteiger partial charge in [-0.1, -0.05) is 13.8 Å². The fraction of sp³-hybridized carbons (Fsp3) is 1.00. The molecule has 0 spiro atoms. The third-order valence-electron chi connectivity index (χ3n) is 2.16. The minimum atomic E-state index is -1.06. The van der Waals surface area contributed by atoms with Crippen molar-refractivity contribution in [2.45, 2.75) is 32.9 Å². The average Bonchev–Trinajstić information content (AvgIpc) is 2.08. The van der Waals surface area contributed by atoms with Gasteiger partial charge in [-0.15, -0.1) is 11.8 Å². The first-order chi connectivity index (χ1) is 6.15. The predicted octanol–water partition coefficient (Wildman–Crippen LogP) is 2.31. The van der Waals surface area contributed by atoms with E-state index in [1.807, 2.05) is 0 Å². The lowest BCUT2D eigenvalue weighted by atomic mass is 10.1. The van der Waals surface area contributed by atoms with Gasteiger partial charge in [-0.25, -0.2) is 4.39 Å². The summed E-state index contributed by atoms with van der Waals surface area (Å²) in [6.07, 6.45) is 1.45. The lowest BCUT2D eigenvalue weighted by molar-refractivity contribution is -0.195. The fourth-order valence-electron chi connectivity index (χ4n) is 1.58. The third-order valence-corrected chi connectivity index (χ3v) is 2.75. The number of thioether (sulfide) groups is 1. The SMILES string of the molecule is CSCN1CCC(F)OC1C(C)C. The first-order valence-corrected chi connectivity index (χ1v) is 6.07. The van der Waals surface area contributed by atoms with E-state index in [2.05, 4.69) is 25.0 Å². The van der Waals surface area contributed by atoms with Crippen LogP contribution in [0.4, 0.5) is 4.39 Å². The molecular formula is C9H18FNOS. The van der Waals surface area contributed by atoms with Crippen LogP contribution in [0.15, 0.2) is 0 Å². The Kier molecular flexibility index (Phi) is 4.49. The lowest BCUT2D eigenvalue weighted by Gasteiger charge is -2.38. The van der Waals surface area contributed by atoms with Crippen LogP contribution in [0.3, 0.4) is 0 Å². The predicted molar refractivity (Wildman–Crippen MR) is 54.3 cm³/mol. The summed E-state index contributed by atoms with van der Waals surface area (Å²) in [5, 5.41) is 0. The zero-order valence-electron chi connectivity index (χ0n) is 8.50. The van der Waals surface area contributed by atoms with Crippen molar-refractivity contribution in [2.75, 3.05) is 18.7 Å². The molecular weight excluding hydrogens is 189 g/mol. The van der Waals surface area contributed by atoms with Crippen molar-refractivity contribution in [1.82, 2.24) is 4.90 Å². The largest absolute Gasteiger partial charge is 0.329 e. The van der Waals surface area contributed by atoms with Gasteiger partial charge >= 0.3 is 0 Å². The van der Waals surface area contributed by atoms with E-state index < -0.39 is 6.36 Å². The van der Waals surface area contributed by atoms with Crippen molar-refractivity contribution >= 4 is 11.8 Å². The highest BCUT2D eigenvalue weighted by Gasteiger charge is 2.30. The average molecular weight is 207 g/mol. The molecule has 0 aromatic heterocycles. The van der Waals surface area contributed by atoms with E-state index in [-0.39, 0.29) is 6.23 Å². The van der Waals surface area contributed by atoms with Crippen LogP contribution >= 0.6 is 11.8 Å². The molecule has 1 saturated heterocycles. The molecule has 1 aliphatic heterocycles.